The van der Waals surface area contributed by atoms with Crippen LogP contribution in [0.2, 0.25) is 0 Å². The van der Waals surface area contributed by atoms with Crippen LogP contribution in [0.15, 0.2) is 11.6 Å². The molecule has 0 bridgehead atoms. The Kier molecular flexibility index (Phi) is 6.69. The predicted molar refractivity (Wildman–Crippen MR) is 80.0 cm³/mol. The first-order valence-electron chi connectivity index (χ1n) is 7.80. The van der Waals surface area contributed by atoms with Crippen LogP contribution in [0.3, 0.4) is 0 Å². The Balaban J connectivity index is 1.57. The van der Waals surface area contributed by atoms with Crippen molar-refractivity contribution in [3.63, 3.8) is 0 Å². The van der Waals surface area contributed by atoms with Crippen molar-refractivity contribution in [2.45, 2.75) is 32.1 Å². The smallest absolute Gasteiger partial charge is 0.321 e. The second-order valence-corrected chi connectivity index (χ2v) is 5.55. The predicted octanol–water partition coefficient (Wildman–Crippen LogP) is 1.03. The maximum atomic E-state index is 11.7. The average Bonchev–Trinajstić information content (AvgIpc) is 2.49. The number of urea groups is 1. The first-order valence-corrected chi connectivity index (χ1v) is 7.80. The van der Waals surface area contributed by atoms with Gasteiger partial charge in [0, 0.05) is 19.6 Å². The molecule has 0 saturated carbocycles. The van der Waals surface area contributed by atoms with Crippen LogP contribution in [0.25, 0.3) is 0 Å². The molecular formula is C15H25N3O3. The van der Waals surface area contributed by atoms with Gasteiger partial charge in [-0.2, -0.15) is 0 Å². The molecule has 0 aromatic heterocycles. The van der Waals surface area contributed by atoms with Crippen LogP contribution in [0.5, 0.6) is 0 Å². The van der Waals surface area contributed by atoms with Gasteiger partial charge in [-0.1, -0.05) is 11.6 Å². The number of hydrogen-bond acceptors (Lipinski definition) is 4. The van der Waals surface area contributed by atoms with Crippen LogP contribution in [-0.4, -0.2) is 56.2 Å². The van der Waals surface area contributed by atoms with Crippen LogP contribution >= 0.6 is 0 Å². The standard InChI is InChI=1S/C15H25N3O3/c19-14(12-18-8-10-21-11-9-18)17-15(20)16-7-6-13-4-2-1-3-5-13/h4H,1-3,5-12H2,(H2,16,17,19,20). The fourth-order valence-corrected chi connectivity index (χ4v) is 2.64. The fourth-order valence-electron chi connectivity index (χ4n) is 2.64. The molecule has 1 aliphatic heterocycles. The maximum absolute atomic E-state index is 11.7. The molecule has 3 amide bonds. The summed E-state index contributed by atoms with van der Waals surface area (Å²) in [5.41, 5.74) is 1.42. The van der Waals surface area contributed by atoms with Crippen molar-refractivity contribution < 1.29 is 14.3 Å². The van der Waals surface area contributed by atoms with Gasteiger partial charge in [-0.25, -0.2) is 4.79 Å². The molecule has 1 aliphatic carbocycles. The highest BCUT2D eigenvalue weighted by molar-refractivity contribution is 5.95. The molecule has 0 spiro atoms. The van der Waals surface area contributed by atoms with Gasteiger partial charge in [-0.3, -0.25) is 15.0 Å². The van der Waals surface area contributed by atoms with Gasteiger partial charge in [-0.15, -0.1) is 0 Å². The third kappa shape index (κ3) is 6.27. The summed E-state index contributed by atoms with van der Waals surface area (Å²) in [7, 11) is 0. The number of nitrogens with one attached hydrogen (secondary N) is 2. The van der Waals surface area contributed by atoms with Gasteiger partial charge in [-0.05, 0) is 32.1 Å². The zero-order chi connectivity index (χ0) is 14.9. The number of morpholine rings is 1. The van der Waals surface area contributed by atoms with Crippen LogP contribution < -0.4 is 10.6 Å². The summed E-state index contributed by atoms with van der Waals surface area (Å²) in [6.07, 6.45) is 7.96. The minimum absolute atomic E-state index is 0.252. The lowest BCUT2D eigenvalue weighted by Crippen LogP contribution is -2.47. The van der Waals surface area contributed by atoms with Crippen molar-refractivity contribution in [1.82, 2.24) is 15.5 Å². The highest BCUT2D eigenvalue weighted by atomic mass is 16.5. The quantitative estimate of drug-likeness (QED) is 0.743. The van der Waals surface area contributed by atoms with E-state index >= 15 is 0 Å². The van der Waals surface area contributed by atoms with Crippen LogP contribution in [0, 0.1) is 0 Å². The van der Waals surface area contributed by atoms with Gasteiger partial charge < -0.3 is 10.1 Å². The molecule has 2 rings (SSSR count). The van der Waals surface area contributed by atoms with E-state index in [1.807, 2.05) is 4.90 Å². The summed E-state index contributed by atoms with van der Waals surface area (Å²) in [4.78, 5) is 25.3. The zero-order valence-electron chi connectivity index (χ0n) is 12.5. The minimum atomic E-state index is -0.398. The number of ether oxygens (including phenoxy) is 1. The highest BCUT2D eigenvalue weighted by Gasteiger charge is 2.15. The topological polar surface area (TPSA) is 70.7 Å². The lowest BCUT2D eigenvalue weighted by Gasteiger charge is -2.25. The lowest BCUT2D eigenvalue weighted by atomic mass is 9.97. The summed E-state index contributed by atoms with van der Waals surface area (Å²) < 4.78 is 5.22. The molecule has 2 N–H and O–H groups in total. The van der Waals surface area contributed by atoms with E-state index in [1.54, 1.807) is 0 Å². The third-order valence-electron chi connectivity index (χ3n) is 3.84. The molecule has 6 nitrogen and oxygen atoms in total. The van der Waals surface area contributed by atoms with Gasteiger partial charge in [0.1, 0.15) is 0 Å². The Morgan fingerprint density at radius 2 is 2.05 bits per heavy atom. The SMILES string of the molecule is O=C(CN1CCOCC1)NC(=O)NCCC1=CCCCC1. The number of allylic oxidation sites excluding steroid dienone is 1. The van der Waals surface area contributed by atoms with E-state index in [1.165, 1.54) is 18.4 Å². The molecule has 118 valence electrons. The van der Waals surface area contributed by atoms with Gasteiger partial charge in [0.15, 0.2) is 0 Å². The molecular weight excluding hydrogens is 270 g/mol. The molecule has 1 heterocycles. The number of nitrogens with zero attached hydrogens (tertiary/aromatic N) is 1. The molecule has 0 aromatic carbocycles. The number of carbonyl (C=O) groups is 2. The van der Waals surface area contributed by atoms with Crippen molar-refractivity contribution in [2.24, 2.45) is 0 Å². The summed E-state index contributed by atoms with van der Waals surface area (Å²) >= 11 is 0. The van der Waals surface area contributed by atoms with Gasteiger partial charge in [0.2, 0.25) is 5.91 Å². The number of imide groups is 1. The number of carbonyl (C=O) groups excluding carboxylic acids is 2. The Morgan fingerprint density at radius 1 is 1.24 bits per heavy atom. The number of hydrogen-bond donors (Lipinski definition) is 2. The van der Waals surface area contributed by atoms with E-state index in [0.717, 1.165) is 32.4 Å². The Bertz CT molecular complexity index is 390. The average molecular weight is 295 g/mol. The Morgan fingerprint density at radius 3 is 2.76 bits per heavy atom. The van der Waals surface area contributed by atoms with Crippen molar-refractivity contribution in [3.8, 4) is 0 Å². The zero-order valence-corrected chi connectivity index (χ0v) is 12.5. The van der Waals surface area contributed by atoms with Crippen molar-refractivity contribution in [2.75, 3.05) is 39.4 Å². The number of amides is 3. The molecule has 0 atom stereocenters. The van der Waals surface area contributed by atoms with Crippen LogP contribution in [0.1, 0.15) is 32.1 Å². The van der Waals surface area contributed by atoms with Crippen molar-refractivity contribution >= 4 is 11.9 Å². The molecule has 21 heavy (non-hydrogen) atoms. The second kappa shape index (κ2) is 8.79. The number of rotatable bonds is 5. The summed E-state index contributed by atoms with van der Waals surface area (Å²) in [6.45, 7) is 3.61. The molecule has 0 aromatic rings. The third-order valence-corrected chi connectivity index (χ3v) is 3.84. The molecule has 1 saturated heterocycles. The van der Waals surface area contributed by atoms with E-state index in [4.69, 9.17) is 4.74 Å². The molecule has 0 unspecified atom stereocenters. The molecule has 1 fully saturated rings. The van der Waals surface area contributed by atoms with E-state index in [-0.39, 0.29) is 12.5 Å². The van der Waals surface area contributed by atoms with Gasteiger partial charge in [0.25, 0.3) is 0 Å². The Labute approximate surface area is 125 Å². The van der Waals surface area contributed by atoms with Crippen molar-refractivity contribution in [3.05, 3.63) is 11.6 Å². The van der Waals surface area contributed by atoms with Crippen LogP contribution in [0.4, 0.5) is 4.79 Å². The van der Waals surface area contributed by atoms with E-state index in [2.05, 4.69) is 16.7 Å². The van der Waals surface area contributed by atoms with E-state index in [0.29, 0.717) is 19.8 Å². The normalized spacial score (nSPS) is 19.7. The fraction of sp³-hybridized carbons (Fsp3) is 0.733. The molecule has 6 heteroatoms. The first kappa shape index (κ1) is 16.0. The highest BCUT2D eigenvalue weighted by Crippen LogP contribution is 2.19. The van der Waals surface area contributed by atoms with E-state index < -0.39 is 6.03 Å². The van der Waals surface area contributed by atoms with E-state index in [9.17, 15) is 9.59 Å². The second-order valence-electron chi connectivity index (χ2n) is 5.55. The van der Waals surface area contributed by atoms with Gasteiger partial charge in [0.05, 0.1) is 19.8 Å². The monoisotopic (exact) mass is 295 g/mol. The van der Waals surface area contributed by atoms with Crippen molar-refractivity contribution in [1.29, 1.82) is 0 Å². The van der Waals surface area contributed by atoms with Gasteiger partial charge >= 0.3 is 6.03 Å². The Hall–Kier alpha value is -1.40. The first-order chi connectivity index (χ1) is 10.2. The summed E-state index contributed by atoms with van der Waals surface area (Å²) in [5, 5.41) is 5.12. The maximum Gasteiger partial charge on any atom is 0.321 e. The molecule has 0 radical (unpaired) electrons. The summed E-state index contributed by atoms with van der Waals surface area (Å²) in [6, 6.07) is -0.398. The molecule has 2 aliphatic rings. The summed E-state index contributed by atoms with van der Waals surface area (Å²) in [5.74, 6) is -0.258. The minimum Gasteiger partial charge on any atom is -0.379 e. The lowest BCUT2D eigenvalue weighted by molar-refractivity contribution is -0.122. The van der Waals surface area contributed by atoms with Crippen LogP contribution in [-0.2, 0) is 9.53 Å². The largest absolute Gasteiger partial charge is 0.379 e.